The molecule has 0 bridgehead atoms. The van der Waals surface area contributed by atoms with Crippen molar-refractivity contribution in [3.63, 3.8) is 0 Å². The summed E-state index contributed by atoms with van der Waals surface area (Å²) < 4.78 is 7.26. The van der Waals surface area contributed by atoms with E-state index in [9.17, 15) is 9.59 Å². The van der Waals surface area contributed by atoms with Gasteiger partial charge in [0.1, 0.15) is 10.8 Å². The minimum Gasteiger partial charge on any atom is -0.462 e. The van der Waals surface area contributed by atoms with E-state index in [0.717, 1.165) is 42.0 Å². The Bertz CT molecular complexity index is 1190. The van der Waals surface area contributed by atoms with E-state index in [0.29, 0.717) is 34.6 Å². The molecule has 1 aliphatic carbocycles. The molecule has 184 valence electrons. The number of fused-ring (bicyclic) bond motifs is 1. The first kappa shape index (κ1) is 25.5. The molecular weight excluding hydrogens is 501 g/mol. The van der Waals surface area contributed by atoms with E-state index >= 15 is 0 Å². The predicted octanol–water partition coefficient (Wildman–Crippen LogP) is 5.60. The van der Waals surface area contributed by atoms with Crippen LogP contribution in [-0.2, 0) is 34.7 Å². The van der Waals surface area contributed by atoms with E-state index in [1.807, 2.05) is 22.8 Å². The lowest BCUT2D eigenvalue weighted by atomic mass is 9.95. The van der Waals surface area contributed by atoms with Crippen LogP contribution in [0.3, 0.4) is 0 Å². The predicted molar refractivity (Wildman–Crippen MR) is 142 cm³/mol. The molecule has 1 N–H and O–H groups in total. The number of benzene rings is 1. The molecule has 1 aliphatic rings. The molecule has 0 aliphatic heterocycles. The van der Waals surface area contributed by atoms with Gasteiger partial charge in [-0.3, -0.25) is 4.79 Å². The number of carbonyl (C=O) groups is 2. The molecule has 10 heteroatoms. The van der Waals surface area contributed by atoms with Crippen molar-refractivity contribution in [2.75, 3.05) is 17.7 Å². The number of hydrogen-bond donors (Lipinski definition) is 1. The average molecular weight is 529 g/mol. The number of esters is 1. The molecule has 3 aromatic rings. The highest BCUT2D eigenvalue weighted by molar-refractivity contribution is 7.99. The highest BCUT2D eigenvalue weighted by Crippen LogP contribution is 2.38. The van der Waals surface area contributed by atoms with Crippen LogP contribution in [-0.4, -0.2) is 39.0 Å². The van der Waals surface area contributed by atoms with E-state index in [-0.39, 0.29) is 17.6 Å². The summed E-state index contributed by atoms with van der Waals surface area (Å²) >= 11 is 4.51. The van der Waals surface area contributed by atoms with Crippen LogP contribution >= 0.6 is 34.9 Å². The lowest BCUT2D eigenvalue weighted by molar-refractivity contribution is -0.113. The van der Waals surface area contributed by atoms with Crippen molar-refractivity contribution in [3.05, 3.63) is 64.8 Å². The topological polar surface area (TPSA) is 86.1 Å². The third-order valence-corrected chi connectivity index (χ3v) is 8.63. The van der Waals surface area contributed by atoms with Crippen molar-refractivity contribution >= 4 is 51.7 Å². The Morgan fingerprint density at radius 3 is 2.77 bits per heavy atom. The molecule has 0 spiro atoms. The molecule has 0 fully saturated rings. The van der Waals surface area contributed by atoms with E-state index in [1.54, 1.807) is 24.8 Å². The molecule has 1 amide bonds. The fourth-order valence-electron chi connectivity index (χ4n) is 3.88. The molecule has 2 aromatic heterocycles. The summed E-state index contributed by atoms with van der Waals surface area (Å²) in [5.74, 6) is 1.11. The van der Waals surface area contributed by atoms with E-state index in [2.05, 4.69) is 34.2 Å². The van der Waals surface area contributed by atoms with E-state index in [1.165, 1.54) is 28.0 Å². The number of thiophene rings is 1. The van der Waals surface area contributed by atoms with Crippen molar-refractivity contribution in [3.8, 4) is 0 Å². The second-order valence-electron chi connectivity index (χ2n) is 7.87. The van der Waals surface area contributed by atoms with Gasteiger partial charge in [-0.1, -0.05) is 36.0 Å². The number of ether oxygens (including phenoxy) is 1. The number of rotatable bonds is 11. The van der Waals surface area contributed by atoms with Crippen LogP contribution in [0.25, 0.3) is 0 Å². The Labute approximate surface area is 217 Å². The minimum absolute atomic E-state index is 0.159. The van der Waals surface area contributed by atoms with Gasteiger partial charge in [-0.25, -0.2) is 4.79 Å². The normalized spacial score (nSPS) is 12.7. The second kappa shape index (κ2) is 12.4. The molecule has 7 nitrogen and oxygen atoms in total. The van der Waals surface area contributed by atoms with E-state index < -0.39 is 0 Å². The maximum Gasteiger partial charge on any atom is 0.341 e. The van der Waals surface area contributed by atoms with Gasteiger partial charge in [0.15, 0.2) is 5.16 Å². The number of thioether (sulfide) groups is 2. The van der Waals surface area contributed by atoms with Gasteiger partial charge in [0, 0.05) is 16.3 Å². The van der Waals surface area contributed by atoms with Gasteiger partial charge >= 0.3 is 5.97 Å². The maximum atomic E-state index is 12.9. The molecule has 35 heavy (non-hydrogen) atoms. The zero-order valence-electron chi connectivity index (χ0n) is 19.6. The molecule has 0 atom stereocenters. The highest BCUT2D eigenvalue weighted by Gasteiger charge is 2.27. The molecular formula is C25H28N4O3S3. The Morgan fingerprint density at radius 2 is 2.00 bits per heavy atom. The number of hydrogen-bond acceptors (Lipinski definition) is 8. The first-order valence-electron chi connectivity index (χ1n) is 11.6. The SMILES string of the molecule is C=CCn1c(CSc2ccccc2)nnc1SCC(=O)Nc1sc2c(c1C(=O)OCC)CCCC2. The lowest BCUT2D eigenvalue weighted by Gasteiger charge is -2.12. The van der Waals surface area contributed by atoms with Gasteiger partial charge in [-0.15, -0.1) is 39.9 Å². The van der Waals surface area contributed by atoms with Crippen LogP contribution in [0.2, 0.25) is 0 Å². The van der Waals surface area contributed by atoms with Crippen LogP contribution in [0.4, 0.5) is 5.00 Å². The molecule has 0 saturated carbocycles. The summed E-state index contributed by atoms with van der Waals surface area (Å²) in [5, 5.41) is 12.9. The van der Waals surface area contributed by atoms with Crippen LogP contribution in [0.1, 0.15) is 46.4 Å². The Balaban J connectivity index is 1.42. The monoisotopic (exact) mass is 528 g/mol. The molecule has 4 rings (SSSR count). The van der Waals surface area contributed by atoms with Crippen molar-refractivity contribution < 1.29 is 14.3 Å². The third kappa shape index (κ3) is 6.36. The number of nitrogens with one attached hydrogen (secondary N) is 1. The van der Waals surface area contributed by atoms with Crippen molar-refractivity contribution in [1.29, 1.82) is 0 Å². The standard InChI is InChI=1S/C25H28N4O3S3/c1-3-14-29-20(15-33-17-10-6-5-7-11-17)27-28-25(29)34-16-21(30)26-23-22(24(31)32-4-2)18-12-8-9-13-19(18)35-23/h3,5-7,10-11H,1,4,8-9,12-16H2,2H3,(H,26,30). The van der Waals surface area contributed by atoms with Crippen molar-refractivity contribution in [2.45, 2.75) is 55.0 Å². The largest absolute Gasteiger partial charge is 0.462 e. The molecule has 0 saturated heterocycles. The summed E-state index contributed by atoms with van der Waals surface area (Å²) in [6, 6.07) is 10.1. The summed E-state index contributed by atoms with van der Waals surface area (Å²) in [6.45, 7) is 6.50. The lowest BCUT2D eigenvalue weighted by Crippen LogP contribution is -2.17. The van der Waals surface area contributed by atoms with Gasteiger partial charge in [-0.2, -0.15) is 0 Å². The smallest absolute Gasteiger partial charge is 0.341 e. The zero-order chi connectivity index (χ0) is 24.6. The Hall–Kier alpha value is -2.56. The van der Waals surface area contributed by atoms with Gasteiger partial charge in [0.2, 0.25) is 5.91 Å². The van der Waals surface area contributed by atoms with Crippen LogP contribution in [0, 0.1) is 0 Å². The summed E-state index contributed by atoms with van der Waals surface area (Å²) in [5.41, 5.74) is 1.56. The number of nitrogens with zero attached hydrogens (tertiary/aromatic N) is 3. The van der Waals surface area contributed by atoms with Gasteiger partial charge < -0.3 is 14.6 Å². The third-order valence-electron chi connectivity index (χ3n) is 5.45. The average Bonchev–Trinajstić information content (AvgIpc) is 3.43. The number of carbonyl (C=O) groups excluding carboxylic acids is 2. The first-order chi connectivity index (χ1) is 17.1. The van der Waals surface area contributed by atoms with E-state index in [4.69, 9.17) is 4.74 Å². The van der Waals surface area contributed by atoms with Gasteiger partial charge in [0.05, 0.1) is 23.7 Å². The number of allylic oxidation sites excluding steroid dienone is 1. The van der Waals surface area contributed by atoms with Gasteiger partial charge in [-0.05, 0) is 50.3 Å². The van der Waals surface area contributed by atoms with Crippen molar-refractivity contribution in [2.24, 2.45) is 0 Å². The number of anilines is 1. The second-order valence-corrected chi connectivity index (χ2v) is 11.0. The Morgan fingerprint density at radius 1 is 1.20 bits per heavy atom. The molecule has 2 heterocycles. The van der Waals surface area contributed by atoms with Crippen LogP contribution in [0.15, 0.2) is 53.0 Å². The first-order valence-corrected chi connectivity index (χ1v) is 14.3. The fourth-order valence-corrected chi connectivity index (χ4v) is 6.79. The maximum absolute atomic E-state index is 12.9. The molecule has 0 radical (unpaired) electrons. The number of aromatic nitrogens is 3. The Kier molecular flexibility index (Phi) is 9.06. The number of aryl methyl sites for hydroxylation is 1. The van der Waals surface area contributed by atoms with Crippen LogP contribution < -0.4 is 5.32 Å². The molecule has 1 aromatic carbocycles. The number of amides is 1. The fraction of sp³-hybridized carbons (Fsp3) is 0.360. The van der Waals surface area contributed by atoms with Crippen LogP contribution in [0.5, 0.6) is 0 Å². The molecule has 0 unspecified atom stereocenters. The zero-order valence-corrected chi connectivity index (χ0v) is 22.1. The summed E-state index contributed by atoms with van der Waals surface area (Å²) in [4.78, 5) is 27.8. The highest BCUT2D eigenvalue weighted by atomic mass is 32.2. The van der Waals surface area contributed by atoms with Crippen molar-refractivity contribution in [1.82, 2.24) is 14.8 Å². The quantitative estimate of drug-likeness (QED) is 0.197. The van der Waals surface area contributed by atoms with Gasteiger partial charge in [0.25, 0.3) is 0 Å². The summed E-state index contributed by atoms with van der Waals surface area (Å²) in [7, 11) is 0. The summed E-state index contributed by atoms with van der Waals surface area (Å²) in [6.07, 6.45) is 5.72. The minimum atomic E-state index is -0.360.